The maximum atomic E-state index is 12.1. The van der Waals surface area contributed by atoms with Crippen molar-refractivity contribution in [3.8, 4) is 0 Å². The second kappa shape index (κ2) is 11.7. The summed E-state index contributed by atoms with van der Waals surface area (Å²) < 4.78 is 0. The highest BCUT2D eigenvalue weighted by Crippen LogP contribution is 2.25. The summed E-state index contributed by atoms with van der Waals surface area (Å²) in [5.74, 6) is -0.174. The average Bonchev–Trinajstić information content (AvgIpc) is 2.75. The van der Waals surface area contributed by atoms with Crippen LogP contribution >= 0.6 is 11.6 Å². The number of nitrogens with zero attached hydrogens (tertiary/aromatic N) is 2. The average molecular weight is 444 g/mol. The van der Waals surface area contributed by atoms with Crippen molar-refractivity contribution in [2.75, 3.05) is 49.9 Å². The number of hydrogen-bond donors (Lipinski definition) is 3. The van der Waals surface area contributed by atoms with Gasteiger partial charge in [-0.1, -0.05) is 41.9 Å². The largest absolute Gasteiger partial charge is 0.338 e. The van der Waals surface area contributed by atoms with Gasteiger partial charge in [0, 0.05) is 51.9 Å². The Bertz CT molecular complexity index is 870. The lowest BCUT2D eigenvalue weighted by Crippen LogP contribution is -2.46. The highest BCUT2D eigenvalue weighted by atomic mass is 35.5. The molecule has 1 saturated heterocycles. The Hall–Kier alpha value is -2.61. The summed E-state index contributed by atoms with van der Waals surface area (Å²) in [6.07, 6.45) is 0.890. The lowest BCUT2D eigenvalue weighted by atomic mass is 10.2. The van der Waals surface area contributed by atoms with Crippen LogP contribution in [0.4, 0.5) is 16.2 Å². The van der Waals surface area contributed by atoms with E-state index in [1.807, 2.05) is 6.07 Å². The van der Waals surface area contributed by atoms with Crippen LogP contribution in [-0.4, -0.2) is 61.0 Å². The van der Waals surface area contributed by atoms with Gasteiger partial charge in [0.15, 0.2) is 0 Å². The van der Waals surface area contributed by atoms with Crippen molar-refractivity contribution in [1.82, 2.24) is 15.1 Å². The first-order valence-corrected chi connectivity index (χ1v) is 11.0. The minimum atomic E-state index is -0.290. The van der Waals surface area contributed by atoms with Gasteiger partial charge >= 0.3 is 6.03 Å². The Kier molecular flexibility index (Phi) is 8.70. The van der Waals surface area contributed by atoms with Crippen LogP contribution in [-0.2, 0) is 11.3 Å². The summed E-state index contributed by atoms with van der Waals surface area (Å²) in [5.41, 5.74) is 2.45. The summed E-state index contributed by atoms with van der Waals surface area (Å²) in [5, 5.41) is 8.64. The number of carbonyl (C=O) groups excluding carboxylic acids is 2. The van der Waals surface area contributed by atoms with Crippen molar-refractivity contribution in [3.05, 3.63) is 59.1 Å². The van der Waals surface area contributed by atoms with Gasteiger partial charge in [-0.15, -0.1) is 0 Å². The molecule has 3 N–H and O–H groups in total. The lowest BCUT2D eigenvalue weighted by molar-refractivity contribution is -0.114. The van der Waals surface area contributed by atoms with E-state index in [0.29, 0.717) is 22.9 Å². The normalized spacial score (nSPS) is 14.8. The molecule has 0 saturated carbocycles. The number of benzene rings is 2. The zero-order chi connectivity index (χ0) is 22.1. The Morgan fingerprint density at radius 2 is 1.68 bits per heavy atom. The Balaban J connectivity index is 1.30. The quantitative estimate of drug-likeness (QED) is 0.544. The highest BCUT2D eigenvalue weighted by molar-refractivity contribution is 6.34. The molecule has 0 unspecified atom stereocenters. The van der Waals surface area contributed by atoms with Crippen LogP contribution in [0.3, 0.4) is 0 Å². The number of nitrogens with one attached hydrogen (secondary N) is 3. The Morgan fingerprint density at radius 1 is 0.968 bits per heavy atom. The van der Waals surface area contributed by atoms with Crippen molar-refractivity contribution in [1.29, 1.82) is 0 Å². The molecule has 0 spiro atoms. The first-order chi connectivity index (χ1) is 15.0. The van der Waals surface area contributed by atoms with Crippen molar-refractivity contribution in [3.63, 3.8) is 0 Å². The van der Waals surface area contributed by atoms with Gasteiger partial charge in [0.25, 0.3) is 0 Å². The summed E-state index contributed by atoms with van der Waals surface area (Å²) in [6.45, 7) is 8.22. The molecule has 2 aromatic rings. The predicted octanol–water partition coefficient (Wildman–Crippen LogP) is 3.63. The van der Waals surface area contributed by atoms with Crippen LogP contribution in [0, 0.1) is 0 Å². The lowest BCUT2D eigenvalue weighted by Gasteiger charge is -2.34. The molecule has 7 nitrogen and oxygen atoms in total. The molecule has 0 bridgehead atoms. The van der Waals surface area contributed by atoms with Crippen LogP contribution in [0.5, 0.6) is 0 Å². The molecule has 0 aliphatic carbocycles. The van der Waals surface area contributed by atoms with Crippen LogP contribution in [0.25, 0.3) is 0 Å². The van der Waals surface area contributed by atoms with Gasteiger partial charge in [-0.2, -0.15) is 0 Å². The van der Waals surface area contributed by atoms with Crippen LogP contribution in [0.1, 0.15) is 18.9 Å². The molecular formula is C23H30ClN5O2. The van der Waals surface area contributed by atoms with Gasteiger partial charge in [0.2, 0.25) is 5.91 Å². The summed E-state index contributed by atoms with van der Waals surface area (Å²) in [6, 6.07) is 15.3. The van der Waals surface area contributed by atoms with Crippen LogP contribution in [0.15, 0.2) is 48.5 Å². The van der Waals surface area contributed by atoms with E-state index in [-0.39, 0.29) is 11.9 Å². The standard InChI is InChI=1S/C23H30ClN5O2/c1-18(30)26-20-8-9-22(21(24)16-20)27-23(31)25-10-5-11-28-12-14-29(15-13-28)17-19-6-3-2-4-7-19/h2-4,6-9,16H,5,10-15,17H2,1H3,(H,26,30)(H2,25,27,31). The van der Waals surface area contributed by atoms with Gasteiger partial charge in [-0.25, -0.2) is 4.79 Å². The van der Waals surface area contributed by atoms with E-state index in [1.54, 1.807) is 18.2 Å². The van der Waals surface area contributed by atoms with E-state index in [2.05, 4.69) is 50.0 Å². The third kappa shape index (κ3) is 7.86. The zero-order valence-corrected chi connectivity index (χ0v) is 18.6. The maximum Gasteiger partial charge on any atom is 0.319 e. The third-order valence-electron chi connectivity index (χ3n) is 5.19. The number of urea groups is 1. The summed E-state index contributed by atoms with van der Waals surface area (Å²) in [4.78, 5) is 28.2. The molecule has 1 aliphatic heterocycles. The van der Waals surface area contributed by atoms with Gasteiger partial charge in [-0.05, 0) is 36.7 Å². The van der Waals surface area contributed by atoms with E-state index in [1.165, 1.54) is 12.5 Å². The number of rotatable bonds is 8. The van der Waals surface area contributed by atoms with E-state index >= 15 is 0 Å². The molecule has 8 heteroatoms. The van der Waals surface area contributed by atoms with Crippen molar-refractivity contribution in [2.24, 2.45) is 0 Å². The molecule has 0 radical (unpaired) electrons. The number of anilines is 2. The van der Waals surface area contributed by atoms with Crippen molar-refractivity contribution >= 4 is 34.9 Å². The van der Waals surface area contributed by atoms with E-state index in [4.69, 9.17) is 11.6 Å². The highest BCUT2D eigenvalue weighted by Gasteiger charge is 2.16. The fourth-order valence-corrected chi connectivity index (χ4v) is 3.81. The number of hydrogen-bond acceptors (Lipinski definition) is 4. The van der Waals surface area contributed by atoms with E-state index in [9.17, 15) is 9.59 Å². The zero-order valence-electron chi connectivity index (χ0n) is 17.9. The number of halogens is 1. The molecule has 1 aliphatic rings. The molecule has 1 fully saturated rings. The summed E-state index contributed by atoms with van der Waals surface area (Å²) >= 11 is 6.18. The van der Waals surface area contributed by atoms with E-state index < -0.39 is 0 Å². The topological polar surface area (TPSA) is 76.7 Å². The molecule has 0 aromatic heterocycles. The number of piperazine rings is 1. The Labute approximate surface area is 188 Å². The molecular weight excluding hydrogens is 414 g/mol. The smallest absolute Gasteiger partial charge is 0.319 e. The second-order valence-corrected chi connectivity index (χ2v) is 8.12. The first kappa shape index (κ1) is 23.1. The monoisotopic (exact) mass is 443 g/mol. The number of carbonyl (C=O) groups is 2. The van der Waals surface area contributed by atoms with Crippen LogP contribution < -0.4 is 16.0 Å². The van der Waals surface area contributed by atoms with Gasteiger partial charge in [-0.3, -0.25) is 9.69 Å². The van der Waals surface area contributed by atoms with Gasteiger partial charge in [0.05, 0.1) is 10.7 Å². The minimum absolute atomic E-state index is 0.174. The molecule has 3 amide bonds. The predicted molar refractivity (Wildman–Crippen MR) is 126 cm³/mol. The number of amides is 3. The third-order valence-corrected chi connectivity index (χ3v) is 5.50. The van der Waals surface area contributed by atoms with Crippen molar-refractivity contribution < 1.29 is 9.59 Å². The molecule has 31 heavy (non-hydrogen) atoms. The second-order valence-electron chi connectivity index (χ2n) is 7.71. The van der Waals surface area contributed by atoms with Gasteiger partial charge < -0.3 is 20.9 Å². The van der Waals surface area contributed by atoms with E-state index in [0.717, 1.165) is 45.7 Å². The first-order valence-electron chi connectivity index (χ1n) is 10.6. The van der Waals surface area contributed by atoms with Crippen LogP contribution in [0.2, 0.25) is 5.02 Å². The molecule has 1 heterocycles. The molecule has 3 rings (SSSR count). The molecule has 0 atom stereocenters. The maximum absolute atomic E-state index is 12.1. The molecule has 166 valence electrons. The summed E-state index contributed by atoms with van der Waals surface area (Å²) in [7, 11) is 0. The fourth-order valence-electron chi connectivity index (χ4n) is 3.58. The van der Waals surface area contributed by atoms with Gasteiger partial charge in [0.1, 0.15) is 0 Å². The fraction of sp³-hybridized carbons (Fsp3) is 0.391. The Morgan fingerprint density at radius 3 is 2.35 bits per heavy atom. The van der Waals surface area contributed by atoms with Crippen molar-refractivity contribution in [2.45, 2.75) is 19.9 Å². The SMILES string of the molecule is CC(=O)Nc1ccc(NC(=O)NCCCN2CCN(Cc3ccccc3)CC2)c(Cl)c1. The minimum Gasteiger partial charge on any atom is -0.338 e. The molecule has 2 aromatic carbocycles.